The standard InChI is InChI=1S/C24H20ClNO4/c1-13-3-2-4-17-21(13)22-16(14-5-7-15(25)8-6-14)9-10-18(23(22)26-17)29-20-12-11-19(30-20)24(27)28/h5-13,16H,2-4H2,1H3,(H,27,28). The number of carboxylic acids is 1. The summed E-state index contributed by atoms with van der Waals surface area (Å²) in [5.41, 5.74) is 5.57. The lowest BCUT2D eigenvalue weighted by molar-refractivity contribution is 0.0656. The molecule has 1 saturated carbocycles. The number of carboxylic acid groups (broad SMARTS) is 1. The highest BCUT2D eigenvalue weighted by Crippen LogP contribution is 2.48. The summed E-state index contributed by atoms with van der Waals surface area (Å²) in [5, 5.41) is 9.80. The molecule has 0 amide bonds. The molecule has 30 heavy (non-hydrogen) atoms. The van der Waals surface area contributed by atoms with Gasteiger partial charge < -0.3 is 14.3 Å². The van der Waals surface area contributed by atoms with Crippen LogP contribution in [-0.2, 0) is 0 Å². The van der Waals surface area contributed by atoms with Crippen molar-refractivity contribution in [2.75, 3.05) is 0 Å². The maximum Gasteiger partial charge on any atom is 0.371 e. The molecule has 2 aliphatic carbocycles. The van der Waals surface area contributed by atoms with Crippen LogP contribution in [0.2, 0.25) is 5.02 Å². The van der Waals surface area contributed by atoms with Crippen LogP contribution in [0.3, 0.4) is 0 Å². The zero-order chi connectivity index (χ0) is 20.8. The summed E-state index contributed by atoms with van der Waals surface area (Å²) in [4.78, 5) is 16.1. The molecule has 0 radical (unpaired) electrons. The SMILES string of the molecule is CC1CCCC2=NC3=C(Oc4ccc(C(=O)O)o4)C=CC(c4ccc(Cl)cc4)C3=C21. The Balaban J connectivity index is 1.59. The third-order valence-electron chi connectivity index (χ3n) is 5.86. The minimum Gasteiger partial charge on any atom is -0.475 e. The summed E-state index contributed by atoms with van der Waals surface area (Å²) >= 11 is 6.10. The summed E-state index contributed by atoms with van der Waals surface area (Å²) in [6, 6.07) is 10.8. The number of hydrogen-bond acceptors (Lipinski definition) is 4. The van der Waals surface area contributed by atoms with Gasteiger partial charge in [-0.1, -0.05) is 36.7 Å². The molecule has 2 atom stereocenters. The van der Waals surface area contributed by atoms with Gasteiger partial charge in [-0.15, -0.1) is 0 Å². The molecular formula is C24H20ClNO4. The predicted octanol–water partition coefficient (Wildman–Crippen LogP) is 6.15. The van der Waals surface area contributed by atoms with Crippen LogP contribution >= 0.6 is 11.6 Å². The van der Waals surface area contributed by atoms with Crippen LogP contribution in [0.15, 0.2) is 80.6 Å². The van der Waals surface area contributed by atoms with E-state index in [0.717, 1.165) is 36.2 Å². The van der Waals surface area contributed by atoms with Crippen LogP contribution in [0.1, 0.15) is 48.2 Å². The van der Waals surface area contributed by atoms with Crippen molar-refractivity contribution in [3.8, 4) is 5.95 Å². The van der Waals surface area contributed by atoms with E-state index in [1.807, 2.05) is 30.3 Å². The molecule has 1 N–H and O–H groups in total. The van der Waals surface area contributed by atoms with Gasteiger partial charge in [-0.3, -0.25) is 0 Å². The van der Waals surface area contributed by atoms with Crippen molar-refractivity contribution in [2.45, 2.75) is 32.1 Å². The molecule has 3 aliphatic rings. The van der Waals surface area contributed by atoms with Crippen molar-refractivity contribution in [1.29, 1.82) is 0 Å². The quantitative estimate of drug-likeness (QED) is 0.642. The second-order valence-corrected chi connectivity index (χ2v) is 8.24. The van der Waals surface area contributed by atoms with Gasteiger partial charge in [0.15, 0.2) is 5.76 Å². The predicted molar refractivity (Wildman–Crippen MR) is 114 cm³/mol. The van der Waals surface area contributed by atoms with Crippen molar-refractivity contribution in [1.82, 2.24) is 0 Å². The molecule has 5 nitrogen and oxygen atoms in total. The van der Waals surface area contributed by atoms with Crippen LogP contribution in [0.5, 0.6) is 5.95 Å². The fourth-order valence-electron chi connectivity index (χ4n) is 4.49. The zero-order valence-corrected chi connectivity index (χ0v) is 17.1. The second kappa shape index (κ2) is 7.33. The number of fused-ring (bicyclic) bond motifs is 2. The zero-order valence-electron chi connectivity index (χ0n) is 16.4. The molecule has 2 heterocycles. The third-order valence-corrected chi connectivity index (χ3v) is 6.11. The Morgan fingerprint density at radius 2 is 2.00 bits per heavy atom. The Morgan fingerprint density at radius 3 is 2.73 bits per heavy atom. The molecule has 0 saturated heterocycles. The number of benzene rings is 1. The number of furan rings is 1. The summed E-state index contributed by atoms with van der Waals surface area (Å²) in [7, 11) is 0. The first-order chi connectivity index (χ1) is 14.5. The number of allylic oxidation sites excluding steroid dienone is 4. The highest BCUT2D eigenvalue weighted by molar-refractivity contribution is 6.30. The third kappa shape index (κ3) is 3.19. The van der Waals surface area contributed by atoms with E-state index in [0.29, 0.717) is 16.7 Å². The van der Waals surface area contributed by atoms with E-state index in [4.69, 9.17) is 30.9 Å². The van der Waals surface area contributed by atoms with Gasteiger partial charge in [-0.05, 0) is 66.2 Å². The molecule has 2 aromatic rings. The van der Waals surface area contributed by atoms with Gasteiger partial charge in [-0.2, -0.15) is 0 Å². The molecule has 0 spiro atoms. The molecule has 0 bridgehead atoms. The van der Waals surface area contributed by atoms with Crippen LogP contribution in [0.25, 0.3) is 0 Å². The maximum absolute atomic E-state index is 11.1. The largest absolute Gasteiger partial charge is 0.475 e. The number of rotatable bonds is 4. The van der Waals surface area contributed by atoms with E-state index in [2.05, 4.69) is 13.0 Å². The van der Waals surface area contributed by atoms with Crippen molar-refractivity contribution in [3.05, 3.63) is 87.5 Å². The van der Waals surface area contributed by atoms with Crippen LogP contribution in [-0.4, -0.2) is 16.8 Å². The van der Waals surface area contributed by atoms with Gasteiger partial charge >= 0.3 is 5.97 Å². The molecule has 6 heteroatoms. The fraction of sp³-hybridized carbons (Fsp3) is 0.250. The number of aromatic carboxylic acids is 1. The average Bonchev–Trinajstić information content (AvgIpc) is 3.35. The Labute approximate surface area is 179 Å². The lowest BCUT2D eigenvalue weighted by Crippen LogP contribution is -2.18. The van der Waals surface area contributed by atoms with Crippen LogP contribution < -0.4 is 4.74 Å². The van der Waals surface area contributed by atoms with Gasteiger partial charge in [0.1, 0.15) is 5.70 Å². The van der Waals surface area contributed by atoms with Crippen LogP contribution in [0, 0.1) is 5.92 Å². The maximum atomic E-state index is 11.1. The molecule has 2 unspecified atom stereocenters. The van der Waals surface area contributed by atoms with Crippen molar-refractivity contribution >= 4 is 23.3 Å². The first-order valence-corrected chi connectivity index (χ1v) is 10.4. The second-order valence-electron chi connectivity index (χ2n) is 7.81. The Hall–Kier alpha value is -3.05. The number of ether oxygens (including phenoxy) is 1. The van der Waals surface area contributed by atoms with E-state index in [9.17, 15) is 4.79 Å². The van der Waals surface area contributed by atoms with Crippen molar-refractivity contribution in [2.24, 2.45) is 10.9 Å². The van der Waals surface area contributed by atoms with E-state index in [1.54, 1.807) is 0 Å². The fourth-order valence-corrected chi connectivity index (χ4v) is 4.61. The Bertz CT molecular complexity index is 1150. The Kier molecular flexibility index (Phi) is 4.63. The van der Waals surface area contributed by atoms with Gasteiger partial charge in [-0.25, -0.2) is 9.79 Å². The monoisotopic (exact) mass is 421 g/mol. The molecule has 1 aromatic heterocycles. The molecular weight excluding hydrogens is 402 g/mol. The Morgan fingerprint density at radius 1 is 1.20 bits per heavy atom. The normalized spacial score (nSPS) is 22.7. The van der Waals surface area contributed by atoms with Gasteiger partial charge in [0.05, 0.1) is 0 Å². The topological polar surface area (TPSA) is 72.0 Å². The van der Waals surface area contributed by atoms with E-state index >= 15 is 0 Å². The highest BCUT2D eigenvalue weighted by atomic mass is 35.5. The average molecular weight is 422 g/mol. The smallest absolute Gasteiger partial charge is 0.371 e. The molecule has 1 fully saturated rings. The number of aliphatic imine (C=N–C) groups is 1. The summed E-state index contributed by atoms with van der Waals surface area (Å²) in [6.07, 6.45) is 7.22. The summed E-state index contributed by atoms with van der Waals surface area (Å²) in [5.74, 6) is -0.0938. The van der Waals surface area contributed by atoms with E-state index in [-0.39, 0.29) is 17.6 Å². The highest BCUT2D eigenvalue weighted by Gasteiger charge is 2.37. The lowest BCUT2D eigenvalue weighted by Gasteiger charge is -2.27. The summed E-state index contributed by atoms with van der Waals surface area (Å²) in [6.45, 7) is 2.25. The van der Waals surface area contributed by atoms with Gasteiger partial charge in [0.25, 0.3) is 5.95 Å². The number of nitrogens with zero attached hydrogens (tertiary/aromatic N) is 1. The first kappa shape index (κ1) is 18.9. The minimum atomic E-state index is -1.13. The molecule has 1 aliphatic heterocycles. The van der Waals surface area contributed by atoms with E-state index in [1.165, 1.54) is 23.3 Å². The summed E-state index contributed by atoms with van der Waals surface area (Å²) < 4.78 is 11.2. The van der Waals surface area contributed by atoms with Gasteiger partial charge in [0.2, 0.25) is 5.76 Å². The first-order valence-electron chi connectivity index (χ1n) is 10.0. The minimum absolute atomic E-state index is 0.0626. The van der Waals surface area contributed by atoms with Crippen molar-refractivity contribution < 1.29 is 19.1 Å². The molecule has 5 rings (SSSR count). The molecule has 1 aromatic carbocycles. The van der Waals surface area contributed by atoms with Crippen LogP contribution in [0.4, 0.5) is 0 Å². The number of halogens is 1. The number of hydrogen-bond donors (Lipinski definition) is 1. The van der Waals surface area contributed by atoms with Gasteiger partial charge in [0, 0.05) is 22.7 Å². The van der Waals surface area contributed by atoms with Crippen molar-refractivity contribution in [3.63, 3.8) is 0 Å². The lowest BCUT2D eigenvalue weighted by atomic mass is 9.76. The molecule has 152 valence electrons. The van der Waals surface area contributed by atoms with E-state index < -0.39 is 5.97 Å². The number of carbonyl (C=O) groups is 1.